The van der Waals surface area contributed by atoms with Crippen molar-refractivity contribution in [2.75, 3.05) is 16.1 Å². The number of rotatable bonds is 3. The summed E-state index contributed by atoms with van der Waals surface area (Å²) in [5.74, 6) is 1.52. The van der Waals surface area contributed by atoms with Gasteiger partial charge in [-0.3, -0.25) is 0 Å². The van der Waals surface area contributed by atoms with Crippen LogP contribution in [0.1, 0.15) is 5.56 Å². The molecule has 1 aromatic heterocycles. The van der Waals surface area contributed by atoms with Crippen LogP contribution in [-0.4, -0.2) is 21.4 Å². The number of hydrogen-bond donors (Lipinski definition) is 3. The summed E-state index contributed by atoms with van der Waals surface area (Å²) in [4.78, 5) is 4.37. The minimum Gasteiger partial charge on any atom is -0.335 e. The van der Waals surface area contributed by atoms with Crippen molar-refractivity contribution in [3.63, 3.8) is 0 Å². The van der Waals surface area contributed by atoms with Gasteiger partial charge in [-0.2, -0.15) is 10.1 Å². The van der Waals surface area contributed by atoms with Crippen LogP contribution in [0, 0.1) is 0 Å². The third kappa shape index (κ3) is 2.80. The average Bonchev–Trinajstić information content (AvgIpc) is 2.61. The van der Waals surface area contributed by atoms with E-state index in [0.717, 1.165) is 16.9 Å². The van der Waals surface area contributed by atoms with Crippen LogP contribution < -0.4 is 16.1 Å². The predicted octanol–water partition coefficient (Wildman–Crippen LogP) is 3.12. The van der Waals surface area contributed by atoms with Crippen LogP contribution in [0.4, 0.5) is 29.0 Å². The van der Waals surface area contributed by atoms with E-state index >= 15 is 0 Å². The zero-order valence-electron chi connectivity index (χ0n) is 12.1. The molecule has 23 heavy (non-hydrogen) atoms. The van der Waals surface area contributed by atoms with Crippen molar-refractivity contribution in [3.05, 3.63) is 60.2 Å². The summed E-state index contributed by atoms with van der Waals surface area (Å²) in [6.45, 7) is 0. The maximum Gasteiger partial charge on any atom is 0.265 e. The molecule has 2 heterocycles. The molecule has 0 aliphatic carbocycles. The van der Waals surface area contributed by atoms with Gasteiger partial charge in [-0.15, -0.1) is 10.2 Å². The van der Waals surface area contributed by atoms with Gasteiger partial charge in [0.25, 0.3) is 5.95 Å². The van der Waals surface area contributed by atoms with E-state index < -0.39 is 0 Å². The van der Waals surface area contributed by atoms with E-state index in [4.69, 9.17) is 0 Å². The van der Waals surface area contributed by atoms with Gasteiger partial charge in [-0.25, -0.2) is 5.43 Å². The van der Waals surface area contributed by atoms with Gasteiger partial charge in [-0.1, -0.05) is 42.5 Å². The lowest BCUT2D eigenvalue weighted by Crippen LogP contribution is -2.12. The lowest BCUT2D eigenvalue weighted by atomic mass is 10.2. The van der Waals surface area contributed by atoms with Crippen molar-refractivity contribution >= 4 is 35.2 Å². The minimum absolute atomic E-state index is 0.324. The fourth-order valence-corrected chi connectivity index (χ4v) is 2.20. The van der Waals surface area contributed by atoms with E-state index in [0.29, 0.717) is 17.6 Å². The number of nitrogens with one attached hydrogen (secondary N) is 3. The number of hydrazone groups is 1. The lowest BCUT2D eigenvalue weighted by Gasteiger charge is -2.20. The summed E-state index contributed by atoms with van der Waals surface area (Å²) in [5.41, 5.74) is 5.66. The van der Waals surface area contributed by atoms with Crippen LogP contribution in [0.3, 0.4) is 0 Å². The molecule has 0 radical (unpaired) electrons. The minimum atomic E-state index is 0.324. The molecule has 0 spiro atoms. The molecule has 7 heteroatoms. The highest BCUT2D eigenvalue weighted by molar-refractivity contribution is 5.86. The number of benzene rings is 2. The van der Waals surface area contributed by atoms with Crippen LogP contribution in [-0.2, 0) is 0 Å². The number of hydrogen-bond acceptors (Lipinski definition) is 7. The van der Waals surface area contributed by atoms with Gasteiger partial charge in [0.15, 0.2) is 11.6 Å². The van der Waals surface area contributed by atoms with Crippen molar-refractivity contribution in [2.45, 2.75) is 0 Å². The van der Waals surface area contributed by atoms with Crippen molar-refractivity contribution < 1.29 is 0 Å². The molecule has 0 saturated heterocycles. The number of aromatic nitrogens is 3. The van der Waals surface area contributed by atoms with E-state index in [2.05, 4.69) is 36.3 Å². The van der Waals surface area contributed by atoms with Crippen molar-refractivity contribution in [2.24, 2.45) is 5.10 Å². The molecule has 0 amide bonds. The van der Waals surface area contributed by atoms with E-state index in [9.17, 15) is 0 Å². The number of para-hydroxylation sites is 2. The summed E-state index contributed by atoms with van der Waals surface area (Å²) in [7, 11) is 0. The Kier molecular flexibility index (Phi) is 3.28. The molecule has 7 nitrogen and oxygen atoms in total. The first-order chi connectivity index (χ1) is 11.4. The maximum atomic E-state index is 4.37. The first-order valence-corrected chi connectivity index (χ1v) is 7.10. The highest BCUT2D eigenvalue weighted by Gasteiger charge is 2.17. The molecule has 112 valence electrons. The topological polar surface area (TPSA) is 87.1 Å². The molecule has 3 N–H and O–H groups in total. The summed E-state index contributed by atoms with van der Waals surface area (Å²) in [5, 5.41) is 18.7. The Labute approximate surface area is 132 Å². The molecule has 0 fully saturated rings. The second-order valence-electron chi connectivity index (χ2n) is 4.91. The van der Waals surface area contributed by atoms with E-state index in [1.54, 1.807) is 6.21 Å². The van der Waals surface area contributed by atoms with Crippen LogP contribution in [0.5, 0.6) is 0 Å². The molecule has 0 bridgehead atoms. The number of fused-ring (bicyclic) bond motifs is 2. The summed E-state index contributed by atoms with van der Waals surface area (Å²) in [6.07, 6.45) is 1.70. The second-order valence-corrected chi connectivity index (χ2v) is 4.91. The van der Waals surface area contributed by atoms with Gasteiger partial charge >= 0.3 is 0 Å². The third-order valence-corrected chi connectivity index (χ3v) is 3.30. The maximum absolute atomic E-state index is 4.37. The van der Waals surface area contributed by atoms with Crippen molar-refractivity contribution in [1.82, 2.24) is 15.2 Å². The average molecular weight is 303 g/mol. The fraction of sp³-hybridized carbons (Fsp3) is 0. The van der Waals surface area contributed by atoms with Crippen LogP contribution >= 0.6 is 0 Å². The summed E-state index contributed by atoms with van der Waals surface area (Å²) in [6, 6.07) is 17.6. The van der Waals surface area contributed by atoms with Crippen molar-refractivity contribution in [3.8, 4) is 0 Å². The van der Waals surface area contributed by atoms with Crippen LogP contribution in [0.25, 0.3) is 0 Å². The zero-order valence-corrected chi connectivity index (χ0v) is 12.1. The van der Waals surface area contributed by atoms with Gasteiger partial charge < -0.3 is 10.6 Å². The largest absolute Gasteiger partial charge is 0.335 e. The van der Waals surface area contributed by atoms with Crippen molar-refractivity contribution in [1.29, 1.82) is 0 Å². The van der Waals surface area contributed by atoms with Gasteiger partial charge in [0.05, 0.1) is 17.6 Å². The zero-order chi connectivity index (χ0) is 15.5. The van der Waals surface area contributed by atoms with Gasteiger partial charge in [-0.05, 0) is 17.7 Å². The van der Waals surface area contributed by atoms with E-state index in [1.165, 1.54) is 0 Å². The molecule has 2 aromatic carbocycles. The normalized spacial score (nSPS) is 12.0. The molecule has 4 rings (SSSR count). The standard InChI is InChI=1S/C16H13N7/c1-2-6-11(7-3-1)10-17-22-16-20-14-15(21-23-16)19-13-9-5-4-8-12(13)18-14/h1-10H,(H,19,21)(H2,18,20,22,23)/b17-10+. The SMILES string of the molecule is C(=N\Nc1nnc2c(n1)Nc1ccccc1N2)/c1ccccc1. The third-order valence-electron chi connectivity index (χ3n) is 3.30. The summed E-state index contributed by atoms with van der Waals surface area (Å²) < 4.78 is 0. The Morgan fingerprint density at radius 1 is 0.826 bits per heavy atom. The van der Waals surface area contributed by atoms with E-state index in [-0.39, 0.29) is 0 Å². The Morgan fingerprint density at radius 3 is 2.30 bits per heavy atom. The molecule has 1 aliphatic heterocycles. The highest BCUT2D eigenvalue weighted by atomic mass is 15.4. The first-order valence-electron chi connectivity index (χ1n) is 7.10. The molecule has 0 atom stereocenters. The van der Waals surface area contributed by atoms with Crippen LogP contribution in [0.2, 0.25) is 0 Å². The monoisotopic (exact) mass is 303 g/mol. The number of anilines is 5. The number of nitrogens with zero attached hydrogens (tertiary/aromatic N) is 4. The van der Waals surface area contributed by atoms with E-state index in [1.807, 2.05) is 54.6 Å². The Bertz CT molecular complexity index is 861. The van der Waals surface area contributed by atoms with Gasteiger partial charge in [0.1, 0.15) is 0 Å². The molecular weight excluding hydrogens is 290 g/mol. The molecular formula is C16H13N7. The van der Waals surface area contributed by atoms with Crippen LogP contribution in [0.15, 0.2) is 59.7 Å². The molecule has 0 saturated carbocycles. The fourth-order valence-electron chi connectivity index (χ4n) is 2.20. The smallest absolute Gasteiger partial charge is 0.265 e. The Hall–Kier alpha value is -3.48. The molecule has 0 unspecified atom stereocenters. The Morgan fingerprint density at radius 2 is 1.52 bits per heavy atom. The quantitative estimate of drug-likeness (QED) is 0.398. The first kappa shape index (κ1) is 13.2. The van der Waals surface area contributed by atoms with Gasteiger partial charge in [0.2, 0.25) is 0 Å². The Balaban J connectivity index is 1.51. The molecule has 1 aliphatic rings. The predicted molar refractivity (Wildman–Crippen MR) is 90.5 cm³/mol. The van der Waals surface area contributed by atoms with Gasteiger partial charge in [0, 0.05) is 0 Å². The molecule has 3 aromatic rings. The second kappa shape index (κ2) is 5.72. The lowest BCUT2D eigenvalue weighted by molar-refractivity contribution is 0.968. The summed E-state index contributed by atoms with van der Waals surface area (Å²) >= 11 is 0. The highest BCUT2D eigenvalue weighted by Crippen LogP contribution is 2.35.